The number of nitrogens with one attached hydrogen (secondary N) is 2. The largest absolute Gasteiger partial charge is 0.376 e. The molecule has 0 bridgehead atoms. The number of carbonyl (C=O) groups excluding carboxylic acids is 1. The molecule has 0 aromatic carbocycles. The van der Waals surface area contributed by atoms with E-state index in [0.717, 1.165) is 38.8 Å². The maximum Gasteiger partial charge on any atom is 0.237 e. The number of carbonyl (C=O) groups is 1. The highest BCUT2D eigenvalue weighted by molar-refractivity contribution is 5.81. The molecule has 2 saturated heterocycles. The van der Waals surface area contributed by atoms with Gasteiger partial charge in [0.25, 0.3) is 0 Å². The van der Waals surface area contributed by atoms with Gasteiger partial charge in [0, 0.05) is 13.2 Å². The van der Waals surface area contributed by atoms with Gasteiger partial charge in [0.15, 0.2) is 0 Å². The number of piperidine rings is 1. The van der Waals surface area contributed by atoms with Crippen LogP contribution in [0.3, 0.4) is 0 Å². The molecule has 2 fully saturated rings. The van der Waals surface area contributed by atoms with Gasteiger partial charge in [-0.3, -0.25) is 4.79 Å². The predicted molar refractivity (Wildman–Crippen MR) is 57.6 cm³/mol. The van der Waals surface area contributed by atoms with Gasteiger partial charge in [-0.1, -0.05) is 6.42 Å². The molecule has 4 heteroatoms. The predicted octanol–water partition coefficient (Wildman–Crippen LogP) is 0.424. The standard InChI is InChI=1S/C11H20N2O2/c14-11(10-5-1-2-6-12-10)13-8-9-4-3-7-15-9/h9-10,12H,1-8H2,(H,13,14)/t9-,10+/m1/s1. The van der Waals surface area contributed by atoms with Crippen LogP contribution < -0.4 is 10.6 Å². The summed E-state index contributed by atoms with van der Waals surface area (Å²) in [4.78, 5) is 11.7. The average molecular weight is 212 g/mol. The second-order valence-corrected chi connectivity index (χ2v) is 4.38. The fourth-order valence-electron chi connectivity index (χ4n) is 2.22. The van der Waals surface area contributed by atoms with Crippen molar-refractivity contribution in [3.05, 3.63) is 0 Å². The molecule has 0 aromatic heterocycles. The molecule has 1 amide bonds. The molecule has 86 valence electrons. The second kappa shape index (κ2) is 5.47. The Morgan fingerprint density at radius 2 is 2.27 bits per heavy atom. The van der Waals surface area contributed by atoms with Crippen molar-refractivity contribution in [3.8, 4) is 0 Å². The van der Waals surface area contributed by atoms with Crippen molar-refractivity contribution < 1.29 is 9.53 Å². The molecule has 0 radical (unpaired) electrons. The summed E-state index contributed by atoms with van der Waals surface area (Å²) in [6.45, 7) is 2.50. The number of hydrogen-bond donors (Lipinski definition) is 2. The number of ether oxygens (including phenoxy) is 1. The molecule has 15 heavy (non-hydrogen) atoms. The first-order valence-corrected chi connectivity index (χ1v) is 5.99. The van der Waals surface area contributed by atoms with E-state index in [1.165, 1.54) is 6.42 Å². The van der Waals surface area contributed by atoms with E-state index in [-0.39, 0.29) is 18.1 Å². The zero-order chi connectivity index (χ0) is 10.5. The normalized spacial score (nSPS) is 31.5. The Bertz CT molecular complexity index is 209. The maximum absolute atomic E-state index is 11.7. The number of hydrogen-bond acceptors (Lipinski definition) is 3. The highest BCUT2D eigenvalue weighted by atomic mass is 16.5. The van der Waals surface area contributed by atoms with Crippen molar-refractivity contribution in [1.82, 2.24) is 10.6 Å². The first-order valence-electron chi connectivity index (χ1n) is 5.99. The minimum Gasteiger partial charge on any atom is -0.376 e. The minimum absolute atomic E-state index is 0.0279. The van der Waals surface area contributed by atoms with Crippen molar-refractivity contribution in [2.24, 2.45) is 0 Å². The highest BCUT2D eigenvalue weighted by Gasteiger charge is 2.22. The molecule has 0 unspecified atom stereocenters. The quantitative estimate of drug-likeness (QED) is 0.713. The first-order chi connectivity index (χ1) is 7.36. The van der Waals surface area contributed by atoms with Crippen molar-refractivity contribution >= 4 is 5.91 Å². The summed E-state index contributed by atoms with van der Waals surface area (Å²) in [5.41, 5.74) is 0. The lowest BCUT2D eigenvalue weighted by Gasteiger charge is -2.23. The highest BCUT2D eigenvalue weighted by Crippen LogP contribution is 2.11. The minimum atomic E-state index is 0.0279. The van der Waals surface area contributed by atoms with Crippen LogP contribution in [0.5, 0.6) is 0 Å². The van der Waals surface area contributed by atoms with Gasteiger partial charge in [-0.25, -0.2) is 0 Å². The summed E-state index contributed by atoms with van der Waals surface area (Å²) in [6, 6.07) is 0.0279. The zero-order valence-corrected chi connectivity index (χ0v) is 9.13. The van der Waals surface area contributed by atoms with Crippen LogP contribution in [0.25, 0.3) is 0 Å². The lowest BCUT2D eigenvalue weighted by Crippen LogP contribution is -2.48. The Labute approximate surface area is 90.8 Å². The van der Waals surface area contributed by atoms with E-state index in [9.17, 15) is 4.79 Å². The van der Waals surface area contributed by atoms with Crippen LogP contribution >= 0.6 is 0 Å². The van der Waals surface area contributed by atoms with Gasteiger partial charge in [0.1, 0.15) is 0 Å². The van der Waals surface area contributed by atoms with Crippen molar-refractivity contribution in [3.63, 3.8) is 0 Å². The van der Waals surface area contributed by atoms with E-state index in [1.807, 2.05) is 0 Å². The molecular formula is C11H20N2O2. The molecule has 2 aliphatic heterocycles. The third kappa shape index (κ3) is 3.18. The Morgan fingerprint density at radius 3 is 2.93 bits per heavy atom. The van der Waals surface area contributed by atoms with Gasteiger partial charge < -0.3 is 15.4 Å². The summed E-state index contributed by atoms with van der Waals surface area (Å²) in [5, 5.41) is 6.21. The van der Waals surface area contributed by atoms with E-state index in [1.54, 1.807) is 0 Å². The van der Waals surface area contributed by atoms with Gasteiger partial charge in [-0.2, -0.15) is 0 Å². The van der Waals surface area contributed by atoms with Crippen molar-refractivity contribution in [2.75, 3.05) is 19.7 Å². The Balaban J connectivity index is 1.66. The number of rotatable bonds is 3. The monoisotopic (exact) mass is 212 g/mol. The number of amides is 1. The smallest absolute Gasteiger partial charge is 0.237 e. The molecule has 2 rings (SSSR count). The van der Waals surface area contributed by atoms with Crippen LogP contribution in [-0.2, 0) is 9.53 Å². The van der Waals surface area contributed by atoms with Gasteiger partial charge in [0.2, 0.25) is 5.91 Å². The van der Waals surface area contributed by atoms with E-state index in [0.29, 0.717) is 6.54 Å². The van der Waals surface area contributed by atoms with Crippen LogP contribution in [0, 0.1) is 0 Å². The first kappa shape index (κ1) is 10.9. The summed E-state index contributed by atoms with van der Waals surface area (Å²) in [7, 11) is 0. The molecule has 2 atom stereocenters. The molecule has 0 aromatic rings. The van der Waals surface area contributed by atoms with E-state index >= 15 is 0 Å². The lowest BCUT2D eigenvalue weighted by molar-refractivity contribution is -0.124. The third-order valence-corrected chi connectivity index (χ3v) is 3.15. The molecule has 0 aliphatic carbocycles. The van der Waals surface area contributed by atoms with E-state index in [4.69, 9.17) is 4.74 Å². The van der Waals surface area contributed by atoms with Gasteiger partial charge >= 0.3 is 0 Å². The SMILES string of the molecule is O=C(NC[C@H]1CCCO1)[C@@H]1CCCCN1. The Hall–Kier alpha value is -0.610. The molecule has 2 N–H and O–H groups in total. The van der Waals surface area contributed by atoms with Crippen molar-refractivity contribution in [1.29, 1.82) is 0 Å². The van der Waals surface area contributed by atoms with Crippen molar-refractivity contribution in [2.45, 2.75) is 44.2 Å². The Morgan fingerprint density at radius 1 is 1.33 bits per heavy atom. The second-order valence-electron chi connectivity index (χ2n) is 4.38. The lowest BCUT2D eigenvalue weighted by atomic mass is 10.0. The summed E-state index contributed by atoms with van der Waals surface area (Å²) in [5.74, 6) is 0.144. The fraction of sp³-hybridized carbons (Fsp3) is 0.909. The summed E-state index contributed by atoms with van der Waals surface area (Å²) < 4.78 is 5.46. The topological polar surface area (TPSA) is 50.4 Å². The van der Waals surface area contributed by atoms with Gasteiger partial charge in [-0.05, 0) is 32.2 Å². The third-order valence-electron chi connectivity index (χ3n) is 3.15. The maximum atomic E-state index is 11.7. The summed E-state index contributed by atoms with van der Waals surface area (Å²) >= 11 is 0. The zero-order valence-electron chi connectivity index (χ0n) is 9.13. The van der Waals surface area contributed by atoms with E-state index in [2.05, 4.69) is 10.6 Å². The molecule has 4 nitrogen and oxygen atoms in total. The van der Waals surface area contributed by atoms with Crippen LogP contribution in [0.1, 0.15) is 32.1 Å². The Kier molecular flexibility index (Phi) is 3.97. The van der Waals surface area contributed by atoms with Crippen LogP contribution in [-0.4, -0.2) is 37.7 Å². The van der Waals surface area contributed by atoms with Crippen LogP contribution in [0.4, 0.5) is 0 Å². The molecule has 2 heterocycles. The van der Waals surface area contributed by atoms with Gasteiger partial charge in [0.05, 0.1) is 12.1 Å². The average Bonchev–Trinajstić information content (AvgIpc) is 2.80. The van der Waals surface area contributed by atoms with Gasteiger partial charge in [-0.15, -0.1) is 0 Å². The molecule has 0 saturated carbocycles. The van der Waals surface area contributed by atoms with Crippen LogP contribution in [0.2, 0.25) is 0 Å². The molecule has 2 aliphatic rings. The van der Waals surface area contributed by atoms with Crippen LogP contribution in [0.15, 0.2) is 0 Å². The molecular weight excluding hydrogens is 192 g/mol. The summed E-state index contributed by atoms with van der Waals surface area (Å²) in [6.07, 6.45) is 5.77. The van der Waals surface area contributed by atoms with E-state index < -0.39 is 0 Å². The molecule has 0 spiro atoms. The fourth-order valence-corrected chi connectivity index (χ4v) is 2.22.